The zero-order valence-corrected chi connectivity index (χ0v) is 11.5. The average molecular weight is 259 g/mol. The van der Waals surface area contributed by atoms with Crippen molar-refractivity contribution in [1.29, 1.82) is 0 Å². The number of nitrogens with zero attached hydrogens (tertiary/aromatic N) is 3. The molecule has 0 N–H and O–H groups in total. The van der Waals surface area contributed by atoms with Gasteiger partial charge in [0.15, 0.2) is 6.54 Å². The molecule has 2 rings (SSSR count). The summed E-state index contributed by atoms with van der Waals surface area (Å²) in [5, 5.41) is 15.9. The van der Waals surface area contributed by atoms with E-state index in [1.165, 1.54) is 19.3 Å². The van der Waals surface area contributed by atoms with Gasteiger partial charge >= 0.3 is 0 Å². The van der Waals surface area contributed by atoms with E-state index in [0.717, 1.165) is 18.4 Å². The molecule has 0 saturated carbocycles. The van der Waals surface area contributed by atoms with Crippen molar-refractivity contribution in [3.63, 3.8) is 0 Å². The van der Waals surface area contributed by atoms with E-state index in [1.807, 2.05) is 18.3 Å². The lowest BCUT2D eigenvalue weighted by atomic mass is 10.0. The Balaban J connectivity index is 1.89. The summed E-state index contributed by atoms with van der Waals surface area (Å²) < 4.78 is 1.77. The van der Waals surface area contributed by atoms with Crippen LogP contribution in [0.15, 0.2) is 29.6 Å². The third-order valence-corrected chi connectivity index (χ3v) is 3.39. The highest BCUT2D eigenvalue weighted by Gasteiger charge is 2.24. The van der Waals surface area contributed by atoms with Crippen LogP contribution in [0.4, 0.5) is 0 Å². The molecule has 0 amide bonds. The predicted octanol–water partition coefficient (Wildman–Crippen LogP) is 1.79. The van der Waals surface area contributed by atoms with E-state index >= 15 is 0 Å². The van der Waals surface area contributed by atoms with Gasteiger partial charge in [-0.1, -0.05) is 37.3 Å². The molecule has 1 atom stereocenters. The number of hydrazone groups is 1. The number of aromatic nitrogens is 1. The summed E-state index contributed by atoms with van der Waals surface area (Å²) in [7, 11) is 0. The quantitative estimate of drug-likeness (QED) is 0.577. The molecule has 19 heavy (non-hydrogen) atoms. The first kappa shape index (κ1) is 13.7. The molecule has 0 saturated heterocycles. The van der Waals surface area contributed by atoms with Gasteiger partial charge in [0.2, 0.25) is 6.21 Å². The summed E-state index contributed by atoms with van der Waals surface area (Å²) in [6.07, 6.45) is 11.2. The molecule has 1 aromatic heterocycles. The molecular weight excluding hydrogens is 238 g/mol. The minimum atomic E-state index is 0.0294. The third-order valence-electron chi connectivity index (χ3n) is 3.39. The number of rotatable bonds is 6. The lowest BCUT2D eigenvalue weighted by Crippen LogP contribution is -2.25. The lowest BCUT2D eigenvalue weighted by Gasteiger charge is -2.10. The number of pyridine rings is 1. The number of hydrogen-bond donors (Lipinski definition) is 0. The second-order valence-corrected chi connectivity index (χ2v) is 5.02. The minimum Gasteiger partial charge on any atom is -0.857 e. The van der Waals surface area contributed by atoms with Gasteiger partial charge in [-0.15, -0.1) is 0 Å². The standard InChI is InChI=1S/C15H21N3O/c1-2-3-4-5-6-14-12-18(17-15(14)19)11-13-7-9-16-10-8-13/h7-11,14H,2-6,12H2,1H3/t14-/m0/s1. The van der Waals surface area contributed by atoms with Gasteiger partial charge in [-0.05, 0) is 23.7 Å². The highest BCUT2D eigenvalue weighted by atomic mass is 16.3. The van der Waals surface area contributed by atoms with Crippen LogP contribution in [0.1, 0.15) is 44.6 Å². The summed E-state index contributed by atoms with van der Waals surface area (Å²) in [6, 6.07) is 3.82. The van der Waals surface area contributed by atoms with Gasteiger partial charge in [0.05, 0.1) is 5.92 Å². The minimum absolute atomic E-state index is 0.0294. The molecule has 0 fully saturated rings. The van der Waals surface area contributed by atoms with Crippen molar-refractivity contribution in [1.82, 2.24) is 4.98 Å². The summed E-state index contributed by atoms with van der Waals surface area (Å²) in [6.45, 7) is 2.91. The molecule has 1 aliphatic rings. The van der Waals surface area contributed by atoms with E-state index in [2.05, 4.69) is 17.0 Å². The van der Waals surface area contributed by atoms with E-state index in [0.29, 0.717) is 6.54 Å². The highest BCUT2D eigenvalue weighted by molar-refractivity contribution is 5.78. The molecule has 0 bridgehead atoms. The van der Waals surface area contributed by atoms with Crippen molar-refractivity contribution in [2.24, 2.45) is 11.0 Å². The highest BCUT2D eigenvalue weighted by Crippen LogP contribution is 2.16. The molecule has 4 heteroatoms. The van der Waals surface area contributed by atoms with Gasteiger partial charge in [-0.25, -0.2) is 0 Å². The average Bonchev–Trinajstić information content (AvgIpc) is 2.76. The van der Waals surface area contributed by atoms with Crippen LogP contribution in [-0.2, 0) is 0 Å². The van der Waals surface area contributed by atoms with Crippen LogP contribution >= 0.6 is 0 Å². The molecule has 4 nitrogen and oxygen atoms in total. The summed E-state index contributed by atoms with van der Waals surface area (Å²) in [4.78, 5) is 3.97. The fourth-order valence-corrected chi connectivity index (χ4v) is 2.29. The Morgan fingerprint density at radius 1 is 1.32 bits per heavy atom. The molecule has 1 aromatic rings. The van der Waals surface area contributed by atoms with Gasteiger partial charge in [-0.2, -0.15) is 0 Å². The predicted molar refractivity (Wildman–Crippen MR) is 74.2 cm³/mol. The Hall–Kier alpha value is -1.71. The first-order chi connectivity index (χ1) is 9.29. The Morgan fingerprint density at radius 3 is 2.84 bits per heavy atom. The molecule has 0 radical (unpaired) electrons. The van der Waals surface area contributed by atoms with E-state index < -0.39 is 0 Å². The summed E-state index contributed by atoms with van der Waals surface area (Å²) in [5.74, 6) is 0.108. The first-order valence-electron chi connectivity index (χ1n) is 7.06. The molecule has 1 aliphatic heterocycles. The SMILES string of the molecule is CCCCCC[C@H]1C/[N+](=C/c2ccncc2)N=C1[O-]. The van der Waals surface area contributed by atoms with Crippen molar-refractivity contribution < 1.29 is 9.79 Å². The normalized spacial score (nSPS) is 20.8. The zero-order valence-electron chi connectivity index (χ0n) is 11.5. The number of hydrogen-bond acceptors (Lipinski definition) is 3. The maximum Gasteiger partial charge on any atom is 0.203 e. The van der Waals surface area contributed by atoms with Crippen molar-refractivity contribution in [3.05, 3.63) is 30.1 Å². The van der Waals surface area contributed by atoms with E-state index in [1.54, 1.807) is 17.1 Å². The zero-order chi connectivity index (χ0) is 13.5. The lowest BCUT2D eigenvalue weighted by molar-refractivity contribution is -0.523. The summed E-state index contributed by atoms with van der Waals surface area (Å²) in [5.41, 5.74) is 1.03. The fraction of sp³-hybridized carbons (Fsp3) is 0.533. The van der Waals surface area contributed by atoms with E-state index in [9.17, 15) is 5.11 Å². The Kier molecular flexibility index (Phi) is 5.07. The second-order valence-electron chi connectivity index (χ2n) is 5.02. The third kappa shape index (κ3) is 4.16. The van der Waals surface area contributed by atoms with Crippen molar-refractivity contribution in [2.75, 3.05) is 6.54 Å². The molecule has 0 spiro atoms. The Bertz CT molecular complexity index is 454. The van der Waals surface area contributed by atoms with Crippen LogP contribution in [-0.4, -0.2) is 28.3 Å². The van der Waals surface area contributed by atoms with Gasteiger partial charge in [0.25, 0.3) is 0 Å². The maximum atomic E-state index is 11.8. The Labute approximate surface area is 114 Å². The van der Waals surface area contributed by atoms with Crippen molar-refractivity contribution >= 4 is 12.1 Å². The fourth-order valence-electron chi connectivity index (χ4n) is 2.29. The molecule has 0 aliphatic carbocycles. The van der Waals surface area contributed by atoms with Crippen molar-refractivity contribution in [2.45, 2.75) is 39.0 Å². The van der Waals surface area contributed by atoms with Crippen LogP contribution in [0.2, 0.25) is 0 Å². The van der Waals surface area contributed by atoms with Gasteiger partial charge in [-0.3, -0.25) is 4.98 Å². The topological polar surface area (TPSA) is 51.3 Å². The second kappa shape index (κ2) is 7.02. The molecule has 0 aromatic carbocycles. The monoisotopic (exact) mass is 259 g/mol. The summed E-state index contributed by atoms with van der Waals surface area (Å²) >= 11 is 0. The van der Waals surface area contributed by atoms with Crippen LogP contribution in [0.3, 0.4) is 0 Å². The molecule has 0 unspecified atom stereocenters. The van der Waals surface area contributed by atoms with E-state index in [4.69, 9.17) is 0 Å². The van der Waals surface area contributed by atoms with Crippen LogP contribution in [0.5, 0.6) is 0 Å². The molecule has 102 valence electrons. The van der Waals surface area contributed by atoms with Crippen LogP contribution in [0, 0.1) is 5.92 Å². The van der Waals surface area contributed by atoms with E-state index in [-0.39, 0.29) is 11.8 Å². The number of unbranched alkanes of at least 4 members (excludes halogenated alkanes) is 3. The van der Waals surface area contributed by atoms with Crippen LogP contribution in [0.25, 0.3) is 0 Å². The molecule has 2 heterocycles. The van der Waals surface area contributed by atoms with Gasteiger partial charge in [0, 0.05) is 23.9 Å². The van der Waals surface area contributed by atoms with Gasteiger partial charge < -0.3 is 5.11 Å². The maximum absolute atomic E-state index is 11.8. The van der Waals surface area contributed by atoms with Crippen LogP contribution < -0.4 is 5.11 Å². The van der Waals surface area contributed by atoms with Crippen molar-refractivity contribution in [3.8, 4) is 0 Å². The smallest absolute Gasteiger partial charge is 0.203 e. The largest absolute Gasteiger partial charge is 0.857 e. The molecular formula is C15H21N3O. The first-order valence-corrected chi connectivity index (χ1v) is 7.06. The Morgan fingerprint density at radius 2 is 2.11 bits per heavy atom. The van der Waals surface area contributed by atoms with Gasteiger partial charge in [0.1, 0.15) is 0 Å².